The van der Waals surface area contributed by atoms with Crippen molar-refractivity contribution in [1.29, 1.82) is 0 Å². The summed E-state index contributed by atoms with van der Waals surface area (Å²) < 4.78 is 11.3. The fraction of sp³-hybridized carbons (Fsp3) is 0.259. The minimum Gasteiger partial charge on any atom is -0.497 e. The van der Waals surface area contributed by atoms with Crippen LogP contribution in [-0.2, 0) is 11.2 Å². The summed E-state index contributed by atoms with van der Waals surface area (Å²) in [5, 5.41) is 2.06. The lowest BCUT2D eigenvalue weighted by atomic mass is 10.0. The number of fused-ring (bicyclic) bond motifs is 1. The highest BCUT2D eigenvalue weighted by Crippen LogP contribution is 2.34. The van der Waals surface area contributed by atoms with E-state index in [1.807, 2.05) is 35.2 Å². The molecule has 0 aliphatic carbocycles. The fourth-order valence-corrected chi connectivity index (χ4v) is 5.06. The Labute approximate surface area is 204 Å². The number of carbonyl (C=O) groups excluding carboxylic acids is 2. The smallest absolute Gasteiger partial charge is 0.254 e. The standard InChI is InChI=1S/C27H28N2O4S/c1-3-14-28(27(31)20-8-7-11-22(17-20)32-2)18-26(30)29-15-12-25-23(13-16-34-25)24(29)19-33-21-9-5-4-6-10-21/h3-11,13,16-17,24H,1,12,14-15,18-19H2,2H3/t24-/m1/s1. The quantitative estimate of drug-likeness (QED) is 0.424. The van der Waals surface area contributed by atoms with E-state index < -0.39 is 0 Å². The van der Waals surface area contributed by atoms with Gasteiger partial charge in [0.05, 0.1) is 13.2 Å². The molecule has 1 atom stereocenters. The number of ether oxygens (including phenoxy) is 2. The summed E-state index contributed by atoms with van der Waals surface area (Å²) >= 11 is 1.71. The van der Waals surface area contributed by atoms with Crippen molar-refractivity contribution in [2.45, 2.75) is 12.5 Å². The monoisotopic (exact) mass is 476 g/mol. The van der Waals surface area contributed by atoms with Gasteiger partial charge in [0.1, 0.15) is 24.7 Å². The summed E-state index contributed by atoms with van der Waals surface area (Å²) in [4.78, 5) is 31.4. The number of thiophene rings is 1. The molecule has 1 aromatic heterocycles. The molecule has 0 saturated carbocycles. The van der Waals surface area contributed by atoms with Gasteiger partial charge in [0.15, 0.2) is 0 Å². The summed E-state index contributed by atoms with van der Waals surface area (Å²) in [6, 6.07) is 18.4. The van der Waals surface area contributed by atoms with Crippen LogP contribution in [0.25, 0.3) is 0 Å². The molecule has 2 heterocycles. The van der Waals surface area contributed by atoms with E-state index in [2.05, 4.69) is 18.0 Å². The average Bonchev–Trinajstić information content (AvgIpc) is 3.36. The topological polar surface area (TPSA) is 59.1 Å². The zero-order chi connectivity index (χ0) is 23.9. The number of rotatable bonds is 9. The van der Waals surface area contributed by atoms with E-state index in [-0.39, 0.29) is 30.9 Å². The molecule has 1 aliphatic heterocycles. The molecule has 176 valence electrons. The van der Waals surface area contributed by atoms with Crippen molar-refractivity contribution in [2.75, 3.05) is 33.4 Å². The molecule has 2 aromatic carbocycles. The zero-order valence-electron chi connectivity index (χ0n) is 19.2. The van der Waals surface area contributed by atoms with Crippen LogP contribution in [0.1, 0.15) is 26.8 Å². The predicted molar refractivity (Wildman–Crippen MR) is 134 cm³/mol. The molecule has 3 aromatic rings. The Morgan fingerprint density at radius 3 is 2.71 bits per heavy atom. The lowest BCUT2D eigenvalue weighted by Crippen LogP contribution is -2.47. The number of benzene rings is 2. The van der Waals surface area contributed by atoms with Gasteiger partial charge in [0, 0.05) is 23.5 Å². The van der Waals surface area contributed by atoms with Crippen LogP contribution in [-0.4, -0.2) is 55.0 Å². The zero-order valence-corrected chi connectivity index (χ0v) is 20.0. The summed E-state index contributed by atoms with van der Waals surface area (Å²) in [6.07, 6.45) is 2.43. The average molecular weight is 477 g/mol. The lowest BCUT2D eigenvalue weighted by molar-refractivity contribution is -0.135. The molecular formula is C27H28N2O4S. The molecule has 2 amide bonds. The fourth-order valence-electron chi connectivity index (χ4n) is 4.13. The van der Waals surface area contributed by atoms with Gasteiger partial charge in [0.2, 0.25) is 5.91 Å². The highest BCUT2D eigenvalue weighted by molar-refractivity contribution is 7.10. The van der Waals surface area contributed by atoms with E-state index in [1.54, 1.807) is 48.8 Å². The van der Waals surface area contributed by atoms with Crippen molar-refractivity contribution in [2.24, 2.45) is 0 Å². The number of methoxy groups -OCH3 is 1. The van der Waals surface area contributed by atoms with Crippen LogP contribution < -0.4 is 9.47 Å². The minimum atomic E-state index is -0.238. The van der Waals surface area contributed by atoms with Gasteiger partial charge < -0.3 is 19.3 Å². The summed E-state index contributed by atoms with van der Waals surface area (Å²) in [7, 11) is 1.56. The van der Waals surface area contributed by atoms with E-state index in [0.717, 1.165) is 17.7 Å². The summed E-state index contributed by atoms with van der Waals surface area (Å²) in [6.45, 7) is 4.94. The molecule has 1 aliphatic rings. The Morgan fingerprint density at radius 1 is 1.15 bits per heavy atom. The van der Waals surface area contributed by atoms with Crippen molar-refractivity contribution in [3.8, 4) is 11.5 Å². The molecule has 6 nitrogen and oxygen atoms in total. The van der Waals surface area contributed by atoms with Gasteiger partial charge >= 0.3 is 0 Å². The number of nitrogens with zero attached hydrogens (tertiary/aromatic N) is 2. The summed E-state index contributed by atoms with van der Waals surface area (Å²) in [5.74, 6) is 1.00. The Hall–Kier alpha value is -3.58. The maximum absolute atomic E-state index is 13.5. The van der Waals surface area contributed by atoms with E-state index in [1.165, 1.54) is 9.78 Å². The highest BCUT2D eigenvalue weighted by Gasteiger charge is 2.33. The number of para-hydroxylation sites is 1. The van der Waals surface area contributed by atoms with Gasteiger partial charge in [-0.25, -0.2) is 0 Å². The van der Waals surface area contributed by atoms with Crippen molar-refractivity contribution in [3.05, 3.63) is 94.7 Å². The third-order valence-electron chi connectivity index (χ3n) is 5.85. The van der Waals surface area contributed by atoms with Gasteiger partial charge in [-0.05, 0) is 53.8 Å². The van der Waals surface area contributed by atoms with Gasteiger partial charge in [-0.1, -0.05) is 30.3 Å². The first-order valence-electron chi connectivity index (χ1n) is 11.2. The van der Waals surface area contributed by atoms with E-state index in [4.69, 9.17) is 9.47 Å². The molecule has 0 unspecified atom stereocenters. The van der Waals surface area contributed by atoms with Gasteiger partial charge in [-0.3, -0.25) is 9.59 Å². The van der Waals surface area contributed by atoms with Crippen LogP contribution in [0.15, 0.2) is 78.7 Å². The molecule has 4 rings (SSSR count). The van der Waals surface area contributed by atoms with Crippen LogP contribution in [0, 0.1) is 0 Å². The van der Waals surface area contributed by atoms with Crippen molar-refractivity contribution in [1.82, 2.24) is 9.80 Å². The Balaban J connectivity index is 1.52. The van der Waals surface area contributed by atoms with Gasteiger partial charge in [0.25, 0.3) is 5.91 Å². The van der Waals surface area contributed by atoms with Crippen LogP contribution in [0.2, 0.25) is 0 Å². The van der Waals surface area contributed by atoms with E-state index in [0.29, 0.717) is 24.5 Å². The number of amides is 2. The Morgan fingerprint density at radius 2 is 1.94 bits per heavy atom. The second-order valence-electron chi connectivity index (χ2n) is 7.98. The molecule has 0 radical (unpaired) electrons. The van der Waals surface area contributed by atoms with Crippen LogP contribution in [0.3, 0.4) is 0 Å². The van der Waals surface area contributed by atoms with Crippen LogP contribution >= 0.6 is 11.3 Å². The molecule has 0 spiro atoms. The van der Waals surface area contributed by atoms with Crippen molar-refractivity contribution in [3.63, 3.8) is 0 Å². The third kappa shape index (κ3) is 5.31. The molecular weight excluding hydrogens is 448 g/mol. The second kappa shape index (κ2) is 11.0. The molecule has 0 saturated heterocycles. The van der Waals surface area contributed by atoms with Gasteiger partial charge in [-0.15, -0.1) is 17.9 Å². The minimum absolute atomic E-state index is 0.0383. The molecule has 0 bridgehead atoms. The SMILES string of the molecule is C=CCN(CC(=O)N1CCc2sccc2[C@H]1COc1ccccc1)C(=O)c1cccc(OC)c1. The number of hydrogen-bond donors (Lipinski definition) is 0. The molecule has 34 heavy (non-hydrogen) atoms. The maximum Gasteiger partial charge on any atom is 0.254 e. The highest BCUT2D eigenvalue weighted by atomic mass is 32.1. The maximum atomic E-state index is 13.5. The Bertz CT molecular complexity index is 1140. The largest absolute Gasteiger partial charge is 0.497 e. The Kier molecular flexibility index (Phi) is 7.65. The molecule has 7 heteroatoms. The van der Waals surface area contributed by atoms with Gasteiger partial charge in [-0.2, -0.15) is 0 Å². The predicted octanol–water partition coefficient (Wildman–Crippen LogP) is 4.59. The van der Waals surface area contributed by atoms with Crippen molar-refractivity contribution < 1.29 is 19.1 Å². The first kappa shape index (κ1) is 23.6. The first-order chi connectivity index (χ1) is 16.6. The lowest BCUT2D eigenvalue weighted by Gasteiger charge is -2.37. The van der Waals surface area contributed by atoms with E-state index in [9.17, 15) is 9.59 Å². The first-order valence-corrected chi connectivity index (χ1v) is 12.1. The van der Waals surface area contributed by atoms with E-state index >= 15 is 0 Å². The van der Waals surface area contributed by atoms with Crippen LogP contribution in [0.5, 0.6) is 11.5 Å². The molecule has 0 fully saturated rings. The van der Waals surface area contributed by atoms with Crippen molar-refractivity contribution >= 4 is 23.2 Å². The normalized spacial score (nSPS) is 14.7. The second-order valence-corrected chi connectivity index (χ2v) is 8.98. The van der Waals surface area contributed by atoms with Crippen LogP contribution in [0.4, 0.5) is 0 Å². The number of carbonyl (C=O) groups is 2. The number of hydrogen-bond acceptors (Lipinski definition) is 5. The summed E-state index contributed by atoms with van der Waals surface area (Å²) in [5.41, 5.74) is 1.59. The third-order valence-corrected chi connectivity index (χ3v) is 6.84. The molecule has 0 N–H and O–H groups in total.